The lowest BCUT2D eigenvalue weighted by atomic mass is 9.59. The molecule has 1 aliphatic heterocycles. The molecule has 2 fully saturated rings. The van der Waals surface area contributed by atoms with Crippen molar-refractivity contribution in [3.8, 4) is 17.2 Å². The van der Waals surface area contributed by atoms with Crippen molar-refractivity contribution in [2.24, 2.45) is 17.8 Å². The van der Waals surface area contributed by atoms with Crippen molar-refractivity contribution in [2.45, 2.75) is 56.9 Å². The van der Waals surface area contributed by atoms with E-state index in [2.05, 4.69) is 15.9 Å². The molecule has 8 nitrogen and oxygen atoms in total. The van der Waals surface area contributed by atoms with Gasteiger partial charge in [0.25, 0.3) is 0 Å². The minimum absolute atomic E-state index is 0.0809. The van der Waals surface area contributed by atoms with Crippen molar-refractivity contribution in [3.63, 3.8) is 0 Å². The number of halogens is 1. The molecule has 5 aliphatic rings. The van der Waals surface area contributed by atoms with Crippen molar-refractivity contribution in [2.75, 3.05) is 14.2 Å². The minimum atomic E-state index is -0.805. The molecule has 1 saturated carbocycles. The quantitative estimate of drug-likeness (QED) is 0.310. The molecule has 6 rings (SSSR count). The number of carbonyl (C=O) groups excluding carboxylic acids is 4. The third-order valence-corrected chi connectivity index (χ3v) is 9.73. The summed E-state index contributed by atoms with van der Waals surface area (Å²) in [5.41, 5.74) is 1.71. The van der Waals surface area contributed by atoms with Gasteiger partial charge in [-0.05, 0) is 47.5 Å². The highest BCUT2D eigenvalue weighted by Gasteiger charge is 2.57. The summed E-state index contributed by atoms with van der Waals surface area (Å²) in [4.78, 5) is 56.0. The van der Waals surface area contributed by atoms with Crippen molar-refractivity contribution in [1.82, 2.24) is 4.90 Å². The lowest BCUT2D eigenvalue weighted by Gasteiger charge is -2.42. The summed E-state index contributed by atoms with van der Waals surface area (Å²) in [5, 5.41) is 11.2. The molecular weight excluding hydrogens is 566 g/mol. The van der Waals surface area contributed by atoms with Gasteiger partial charge < -0.3 is 14.6 Å². The predicted octanol–water partition coefficient (Wildman–Crippen LogP) is 4.50. The van der Waals surface area contributed by atoms with E-state index in [-0.39, 0.29) is 51.6 Å². The van der Waals surface area contributed by atoms with Crippen LogP contribution in [0.4, 0.5) is 0 Å². The molecule has 1 N–H and O–H groups in total. The van der Waals surface area contributed by atoms with E-state index in [1.165, 1.54) is 31.3 Å². The summed E-state index contributed by atoms with van der Waals surface area (Å²) in [5.74, 6) is -2.78. The molecule has 2 amide bonds. The number of phenolic OH excluding ortho intramolecular Hbond substituents is 1. The Kier molecular flexibility index (Phi) is 6.52. The fourth-order valence-corrected chi connectivity index (χ4v) is 7.87. The van der Waals surface area contributed by atoms with Gasteiger partial charge in [-0.2, -0.15) is 0 Å². The minimum Gasteiger partial charge on any atom is -0.507 e. The molecule has 0 aromatic heterocycles. The maximum Gasteiger partial charge on any atom is 0.233 e. The molecule has 1 heterocycles. The van der Waals surface area contributed by atoms with Gasteiger partial charge in [0.15, 0.2) is 11.6 Å². The van der Waals surface area contributed by atoms with E-state index in [0.29, 0.717) is 29.1 Å². The molecule has 4 atom stereocenters. The number of aromatic hydroxyl groups is 1. The van der Waals surface area contributed by atoms with Crippen molar-refractivity contribution in [3.05, 3.63) is 51.0 Å². The summed E-state index contributed by atoms with van der Waals surface area (Å²) in [6.07, 6.45) is 8.51. The zero-order valence-electron chi connectivity index (χ0n) is 21.9. The average molecular weight is 596 g/mol. The van der Waals surface area contributed by atoms with Gasteiger partial charge in [0.05, 0.1) is 30.5 Å². The molecular formula is C30H30BrNO7. The van der Waals surface area contributed by atoms with E-state index in [0.717, 1.165) is 37.7 Å². The van der Waals surface area contributed by atoms with Gasteiger partial charge in [0.1, 0.15) is 17.2 Å². The highest BCUT2D eigenvalue weighted by Crippen LogP contribution is 2.58. The molecule has 4 aliphatic carbocycles. The molecule has 0 spiro atoms. The van der Waals surface area contributed by atoms with Crippen LogP contribution < -0.4 is 9.47 Å². The summed E-state index contributed by atoms with van der Waals surface area (Å²) in [6.45, 7) is 0. The van der Waals surface area contributed by atoms with Crippen LogP contribution >= 0.6 is 15.9 Å². The fourth-order valence-electron chi connectivity index (χ4n) is 7.43. The number of ketones is 2. The lowest BCUT2D eigenvalue weighted by Crippen LogP contribution is -2.43. The van der Waals surface area contributed by atoms with Crippen LogP contribution in [-0.4, -0.2) is 53.6 Å². The molecule has 1 aromatic carbocycles. The Balaban J connectivity index is 1.51. The topological polar surface area (TPSA) is 110 Å². The Morgan fingerprint density at radius 1 is 0.974 bits per heavy atom. The summed E-state index contributed by atoms with van der Waals surface area (Å²) >= 11 is 3.24. The number of hydrogen-bond acceptors (Lipinski definition) is 7. The van der Waals surface area contributed by atoms with Gasteiger partial charge in [-0.1, -0.05) is 30.9 Å². The summed E-state index contributed by atoms with van der Waals surface area (Å²) in [7, 11) is 2.94. The number of hydrogen-bond donors (Lipinski definition) is 1. The smallest absolute Gasteiger partial charge is 0.233 e. The highest BCUT2D eigenvalue weighted by atomic mass is 79.9. The molecule has 1 saturated heterocycles. The maximum absolute atomic E-state index is 14.0. The van der Waals surface area contributed by atoms with Crippen LogP contribution in [0, 0.1) is 17.8 Å². The van der Waals surface area contributed by atoms with Crippen molar-refractivity contribution < 1.29 is 33.8 Å². The van der Waals surface area contributed by atoms with Gasteiger partial charge >= 0.3 is 0 Å². The molecule has 0 bridgehead atoms. The Morgan fingerprint density at radius 3 is 2.41 bits per heavy atom. The molecule has 0 radical (unpaired) electrons. The first-order valence-electron chi connectivity index (χ1n) is 13.5. The van der Waals surface area contributed by atoms with E-state index in [9.17, 15) is 24.3 Å². The van der Waals surface area contributed by atoms with Crippen molar-refractivity contribution >= 4 is 39.3 Å². The van der Waals surface area contributed by atoms with Crippen LogP contribution in [0.2, 0.25) is 0 Å². The van der Waals surface area contributed by atoms with Crippen LogP contribution in [0.15, 0.2) is 45.5 Å². The Labute approximate surface area is 234 Å². The van der Waals surface area contributed by atoms with Gasteiger partial charge in [0.2, 0.25) is 11.8 Å². The number of likely N-dealkylation sites (tertiary alicyclic amines) is 1. The van der Waals surface area contributed by atoms with E-state index in [4.69, 9.17) is 9.47 Å². The molecule has 204 valence electrons. The van der Waals surface area contributed by atoms with Gasteiger partial charge in [0, 0.05) is 46.9 Å². The first-order chi connectivity index (χ1) is 18.8. The normalized spacial score (nSPS) is 29.1. The SMILES string of the molecule is COc1cc(O)c(C2C3=CCC4C(=O)N(C5CCCCC5)C(=O)C4C3CC3=C2C(=O)C=C(Br)C3=O)c(OC)c1. The number of nitrogens with zero attached hydrogens (tertiary/aromatic N) is 1. The number of ether oxygens (including phenoxy) is 2. The second-order valence-electron chi connectivity index (χ2n) is 11.0. The lowest BCUT2D eigenvalue weighted by molar-refractivity contribution is -0.143. The van der Waals surface area contributed by atoms with Crippen LogP contribution in [0.1, 0.15) is 56.4 Å². The van der Waals surface area contributed by atoms with E-state index < -0.39 is 23.7 Å². The number of carbonyl (C=O) groups is 4. The summed E-state index contributed by atoms with van der Waals surface area (Å²) in [6, 6.07) is 2.99. The standard InChI is InChI=1S/C30H30BrNO7/c1-38-15-10-21(33)27(23(11-15)39-2)26-16-8-9-17-24(30(37)32(29(17)36)14-6-4-3-5-7-14)18(16)12-19-25(26)22(34)13-20(31)28(19)35/h8,10-11,13-14,17-18,24,26,33H,3-7,9,12H2,1-2H3. The van der Waals surface area contributed by atoms with E-state index in [1.807, 2.05) is 6.08 Å². The van der Waals surface area contributed by atoms with Crippen LogP contribution in [0.3, 0.4) is 0 Å². The zero-order valence-corrected chi connectivity index (χ0v) is 23.5. The highest BCUT2D eigenvalue weighted by molar-refractivity contribution is 9.12. The first kappa shape index (κ1) is 26.0. The molecule has 4 unspecified atom stereocenters. The van der Waals surface area contributed by atoms with Gasteiger partial charge in [-0.3, -0.25) is 24.1 Å². The third-order valence-electron chi connectivity index (χ3n) is 9.14. The van der Waals surface area contributed by atoms with E-state index in [1.54, 1.807) is 6.07 Å². The number of allylic oxidation sites excluding steroid dienone is 6. The number of Topliss-reactive ketones (excluding diaryl/α,β-unsaturated/α-hetero) is 1. The van der Waals surface area contributed by atoms with E-state index >= 15 is 0 Å². The summed E-state index contributed by atoms with van der Waals surface area (Å²) < 4.78 is 11.1. The maximum atomic E-state index is 14.0. The Morgan fingerprint density at radius 2 is 1.72 bits per heavy atom. The number of methoxy groups -OCH3 is 2. The number of imide groups is 1. The largest absolute Gasteiger partial charge is 0.507 e. The second-order valence-corrected chi connectivity index (χ2v) is 11.8. The van der Waals surface area contributed by atoms with Crippen LogP contribution in [0.5, 0.6) is 17.2 Å². The number of phenols is 1. The first-order valence-corrected chi connectivity index (χ1v) is 14.3. The second kappa shape index (κ2) is 9.77. The van der Waals surface area contributed by atoms with Gasteiger partial charge in [-0.25, -0.2) is 0 Å². The van der Waals surface area contributed by atoms with Gasteiger partial charge in [-0.15, -0.1) is 0 Å². The molecule has 9 heteroatoms. The average Bonchev–Trinajstić information content (AvgIpc) is 3.20. The number of fused-ring (bicyclic) bond motifs is 3. The Hall–Kier alpha value is -3.20. The van der Waals surface area contributed by atoms with Crippen molar-refractivity contribution in [1.29, 1.82) is 0 Å². The number of rotatable bonds is 4. The molecule has 39 heavy (non-hydrogen) atoms. The van der Waals surface area contributed by atoms with Crippen LogP contribution in [0.25, 0.3) is 0 Å². The third kappa shape index (κ3) is 3.91. The molecule has 1 aromatic rings. The number of benzene rings is 1. The zero-order chi connectivity index (χ0) is 27.6. The Bertz CT molecular complexity index is 1400. The van der Waals surface area contributed by atoms with Crippen LogP contribution in [-0.2, 0) is 19.2 Å². The monoisotopic (exact) mass is 595 g/mol. The number of amides is 2. The fraction of sp³-hybridized carbons (Fsp3) is 0.467. The predicted molar refractivity (Wildman–Crippen MR) is 145 cm³/mol.